The number of sulfone groups is 1. The number of carboxylic acid groups (broad SMARTS) is 1. The molecule has 1 saturated heterocycles. The molecule has 8 heteroatoms. The van der Waals surface area contributed by atoms with Gasteiger partial charge in [-0.05, 0) is 25.3 Å². The van der Waals surface area contributed by atoms with Crippen LogP contribution in [0.15, 0.2) is 15.7 Å². The number of piperidine rings is 1. The first kappa shape index (κ1) is 15.0. The van der Waals surface area contributed by atoms with Crippen molar-refractivity contribution < 1.29 is 23.1 Å². The Morgan fingerprint density at radius 2 is 2.10 bits per heavy atom. The van der Waals surface area contributed by atoms with Crippen LogP contribution >= 0.6 is 11.3 Å². The minimum Gasteiger partial charge on any atom is -0.480 e. The minimum atomic E-state index is -3.34. The van der Waals surface area contributed by atoms with E-state index in [9.17, 15) is 18.0 Å². The zero-order valence-corrected chi connectivity index (χ0v) is 12.5. The highest BCUT2D eigenvalue weighted by Crippen LogP contribution is 2.24. The summed E-state index contributed by atoms with van der Waals surface area (Å²) in [6.45, 7) is 0.389. The van der Waals surface area contributed by atoms with E-state index in [0.717, 1.165) is 30.4 Å². The lowest BCUT2D eigenvalue weighted by atomic mass is 10.0. The first-order chi connectivity index (χ1) is 9.30. The predicted molar refractivity (Wildman–Crippen MR) is 73.7 cm³/mol. The fourth-order valence-corrected chi connectivity index (χ4v) is 4.01. The third-order valence-electron chi connectivity index (χ3n) is 3.24. The van der Waals surface area contributed by atoms with E-state index >= 15 is 0 Å². The van der Waals surface area contributed by atoms with Gasteiger partial charge in [0.1, 0.15) is 10.3 Å². The van der Waals surface area contributed by atoms with Crippen molar-refractivity contribution in [2.24, 2.45) is 0 Å². The highest BCUT2D eigenvalue weighted by atomic mass is 32.2. The number of thiophene rings is 1. The van der Waals surface area contributed by atoms with E-state index in [1.54, 1.807) is 0 Å². The van der Waals surface area contributed by atoms with Crippen LogP contribution in [0.25, 0.3) is 0 Å². The Bertz CT molecular complexity index is 634. The largest absolute Gasteiger partial charge is 0.480 e. The monoisotopic (exact) mass is 317 g/mol. The van der Waals surface area contributed by atoms with Crippen molar-refractivity contribution in [1.82, 2.24) is 4.90 Å². The zero-order valence-electron chi connectivity index (χ0n) is 10.9. The Hall–Kier alpha value is -1.41. The van der Waals surface area contributed by atoms with Gasteiger partial charge < -0.3 is 10.0 Å². The van der Waals surface area contributed by atoms with Gasteiger partial charge in [0.05, 0.1) is 5.56 Å². The number of likely N-dealkylation sites (tertiary alicyclic amines) is 1. The van der Waals surface area contributed by atoms with E-state index in [0.29, 0.717) is 13.0 Å². The Balaban J connectivity index is 2.26. The van der Waals surface area contributed by atoms with Crippen molar-refractivity contribution >= 4 is 33.1 Å². The second kappa shape index (κ2) is 5.53. The third kappa shape index (κ3) is 3.01. The van der Waals surface area contributed by atoms with E-state index in [4.69, 9.17) is 5.11 Å². The third-order valence-corrected chi connectivity index (χ3v) is 6.00. The molecule has 1 fully saturated rings. The van der Waals surface area contributed by atoms with E-state index < -0.39 is 27.8 Å². The quantitative estimate of drug-likeness (QED) is 0.905. The summed E-state index contributed by atoms with van der Waals surface area (Å²) < 4.78 is 22.9. The van der Waals surface area contributed by atoms with Gasteiger partial charge in [0.15, 0.2) is 9.84 Å². The highest BCUT2D eigenvalue weighted by molar-refractivity contribution is 7.92. The number of carbonyl (C=O) groups is 2. The summed E-state index contributed by atoms with van der Waals surface area (Å²) in [5, 5.41) is 10.6. The van der Waals surface area contributed by atoms with Gasteiger partial charge in [-0.1, -0.05) is 0 Å². The average molecular weight is 317 g/mol. The van der Waals surface area contributed by atoms with Crippen molar-refractivity contribution in [3.63, 3.8) is 0 Å². The number of nitrogens with zero attached hydrogens (tertiary/aromatic N) is 1. The summed E-state index contributed by atoms with van der Waals surface area (Å²) >= 11 is 0.976. The van der Waals surface area contributed by atoms with Crippen molar-refractivity contribution in [2.45, 2.75) is 29.5 Å². The molecule has 6 nitrogen and oxygen atoms in total. The van der Waals surface area contributed by atoms with E-state index in [-0.39, 0.29) is 9.77 Å². The molecule has 1 aliphatic rings. The maximum absolute atomic E-state index is 12.3. The molecule has 0 unspecified atom stereocenters. The van der Waals surface area contributed by atoms with Crippen LogP contribution in [0.4, 0.5) is 0 Å². The number of hydrogen-bond donors (Lipinski definition) is 1. The Labute approximate surface area is 120 Å². The number of carboxylic acids is 1. The fraction of sp³-hybridized carbons (Fsp3) is 0.500. The molecule has 0 spiro atoms. The van der Waals surface area contributed by atoms with Crippen LogP contribution in [0, 0.1) is 0 Å². The summed E-state index contributed by atoms with van der Waals surface area (Å²) in [5.41, 5.74) is 0.239. The van der Waals surface area contributed by atoms with Crippen LogP contribution in [0.1, 0.15) is 29.6 Å². The summed E-state index contributed by atoms with van der Waals surface area (Å²) in [4.78, 5) is 24.8. The van der Waals surface area contributed by atoms with Gasteiger partial charge in [0.25, 0.3) is 5.91 Å². The molecule has 1 aliphatic heterocycles. The van der Waals surface area contributed by atoms with Crippen LogP contribution in [0.5, 0.6) is 0 Å². The maximum atomic E-state index is 12.3. The normalized spacial score (nSPS) is 19.9. The number of rotatable bonds is 3. The number of aliphatic carboxylic acids is 1. The van der Waals surface area contributed by atoms with Crippen LogP contribution in [-0.2, 0) is 14.6 Å². The van der Waals surface area contributed by atoms with Crippen molar-refractivity contribution in [2.75, 3.05) is 12.8 Å². The summed E-state index contributed by atoms with van der Waals surface area (Å²) in [6.07, 6.45) is 3.05. The van der Waals surface area contributed by atoms with E-state index in [2.05, 4.69) is 0 Å². The zero-order chi connectivity index (χ0) is 14.9. The smallest absolute Gasteiger partial charge is 0.326 e. The standard InChI is InChI=1S/C12H15NO5S2/c1-20(17,18)10-6-8(7-19-10)11(14)13-5-3-2-4-9(13)12(15)16/h6-7,9H,2-5H2,1H3,(H,15,16)/t9-/m1/s1. The van der Waals surface area contributed by atoms with Gasteiger partial charge in [-0.15, -0.1) is 11.3 Å². The molecule has 110 valence electrons. The predicted octanol–water partition coefficient (Wildman–Crippen LogP) is 1.23. The van der Waals surface area contributed by atoms with E-state index in [1.165, 1.54) is 16.3 Å². The Morgan fingerprint density at radius 3 is 2.65 bits per heavy atom. The van der Waals surface area contributed by atoms with Gasteiger partial charge in [0.2, 0.25) is 0 Å². The van der Waals surface area contributed by atoms with Gasteiger partial charge in [-0.3, -0.25) is 4.79 Å². The molecule has 2 heterocycles. The van der Waals surface area contributed by atoms with Gasteiger partial charge in [0, 0.05) is 18.2 Å². The Kier molecular flexibility index (Phi) is 4.14. The molecule has 1 atom stereocenters. The van der Waals surface area contributed by atoms with Crippen LogP contribution < -0.4 is 0 Å². The van der Waals surface area contributed by atoms with Gasteiger partial charge in [-0.25, -0.2) is 13.2 Å². The lowest BCUT2D eigenvalue weighted by Crippen LogP contribution is -2.47. The number of carbonyl (C=O) groups excluding carboxylic acids is 1. The van der Waals surface area contributed by atoms with E-state index in [1.807, 2.05) is 0 Å². The molecule has 1 aromatic rings. The molecule has 2 rings (SSSR count). The number of amides is 1. The summed E-state index contributed by atoms with van der Waals surface area (Å²) in [6, 6.07) is 0.494. The topological polar surface area (TPSA) is 91.8 Å². The van der Waals surface area contributed by atoms with Crippen molar-refractivity contribution in [1.29, 1.82) is 0 Å². The molecule has 20 heavy (non-hydrogen) atoms. The molecule has 0 aromatic carbocycles. The minimum absolute atomic E-state index is 0.115. The first-order valence-corrected chi connectivity index (χ1v) is 8.90. The number of hydrogen-bond acceptors (Lipinski definition) is 5. The highest BCUT2D eigenvalue weighted by Gasteiger charge is 2.33. The van der Waals surface area contributed by atoms with Crippen molar-refractivity contribution in [3.05, 3.63) is 17.0 Å². The van der Waals surface area contributed by atoms with Gasteiger partial charge in [-0.2, -0.15) is 0 Å². The van der Waals surface area contributed by atoms with Gasteiger partial charge >= 0.3 is 5.97 Å². The molecule has 1 amide bonds. The summed E-state index contributed by atoms with van der Waals surface area (Å²) in [5.74, 6) is -1.43. The molecule has 0 bridgehead atoms. The second-order valence-corrected chi connectivity index (χ2v) is 7.93. The van der Waals surface area contributed by atoms with Crippen LogP contribution in [0.2, 0.25) is 0 Å². The molecule has 0 aliphatic carbocycles. The SMILES string of the molecule is CS(=O)(=O)c1cc(C(=O)N2CCCC[C@@H]2C(=O)O)cs1. The molecule has 1 aromatic heterocycles. The molecule has 0 saturated carbocycles. The van der Waals surface area contributed by atoms with Crippen LogP contribution in [0.3, 0.4) is 0 Å². The Morgan fingerprint density at radius 1 is 1.40 bits per heavy atom. The lowest BCUT2D eigenvalue weighted by molar-refractivity contribution is -0.143. The molecular weight excluding hydrogens is 302 g/mol. The lowest BCUT2D eigenvalue weighted by Gasteiger charge is -2.32. The van der Waals surface area contributed by atoms with Crippen molar-refractivity contribution in [3.8, 4) is 0 Å². The molecular formula is C12H15NO5S2. The maximum Gasteiger partial charge on any atom is 0.326 e. The van der Waals surface area contributed by atoms with Crippen LogP contribution in [-0.4, -0.2) is 49.1 Å². The first-order valence-electron chi connectivity index (χ1n) is 6.13. The average Bonchev–Trinajstić information content (AvgIpc) is 2.87. The molecule has 1 N–H and O–H groups in total. The second-order valence-electron chi connectivity index (χ2n) is 4.77. The fourth-order valence-electron chi connectivity index (χ4n) is 2.22. The molecule has 0 radical (unpaired) electrons. The summed E-state index contributed by atoms with van der Waals surface area (Å²) in [7, 11) is -3.34.